The molecule has 11 aromatic rings. The highest BCUT2D eigenvalue weighted by molar-refractivity contribution is 6.11. The summed E-state index contributed by atoms with van der Waals surface area (Å²) in [5.74, 6) is 1.68. The van der Waals surface area contributed by atoms with Crippen LogP contribution in [0.3, 0.4) is 0 Å². The van der Waals surface area contributed by atoms with E-state index in [1.54, 1.807) is 12.1 Å². The Balaban J connectivity index is 1.18. The van der Waals surface area contributed by atoms with Gasteiger partial charge in [0.1, 0.15) is 11.2 Å². The van der Waals surface area contributed by atoms with Crippen molar-refractivity contribution in [2.24, 2.45) is 0 Å². The van der Waals surface area contributed by atoms with Gasteiger partial charge in [-0.05, 0) is 82.9 Å². The number of nitriles is 2. The number of fused-ring (bicyclic) bond motifs is 6. The van der Waals surface area contributed by atoms with Crippen LogP contribution in [0.4, 0.5) is 0 Å². The lowest BCUT2D eigenvalue weighted by Gasteiger charge is -2.16. The average Bonchev–Trinajstić information content (AvgIpc) is 3.86. The molecule has 278 valence electrons. The lowest BCUT2D eigenvalue weighted by atomic mass is 9.97. The molecule has 0 fully saturated rings. The molecule has 7 nitrogen and oxygen atoms in total. The van der Waals surface area contributed by atoms with Gasteiger partial charge < -0.3 is 8.98 Å². The minimum atomic E-state index is 0.450. The molecule has 0 amide bonds. The van der Waals surface area contributed by atoms with Crippen molar-refractivity contribution in [3.63, 3.8) is 0 Å². The van der Waals surface area contributed by atoms with E-state index in [1.807, 2.05) is 103 Å². The molecule has 0 N–H and O–H groups in total. The lowest BCUT2D eigenvalue weighted by Crippen LogP contribution is -2.04. The highest BCUT2D eigenvalue weighted by atomic mass is 16.3. The van der Waals surface area contributed by atoms with Gasteiger partial charge in [0, 0.05) is 38.2 Å². The number of furan rings is 1. The van der Waals surface area contributed by atoms with E-state index in [0.717, 1.165) is 88.4 Å². The summed E-state index contributed by atoms with van der Waals surface area (Å²) in [5, 5.41) is 23.8. The maximum atomic E-state index is 10.1. The fraction of sp³-hybridized carbons (Fsp3) is 0. The minimum Gasteiger partial charge on any atom is -0.456 e. The van der Waals surface area contributed by atoms with Gasteiger partial charge in [-0.3, -0.25) is 0 Å². The molecule has 0 saturated heterocycles. The second kappa shape index (κ2) is 14.1. The van der Waals surface area contributed by atoms with Gasteiger partial charge in [-0.15, -0.1) is 0 Å². The van der Waals surface area contributed by atoms with Gasteiger partial charge in [0.05, 0.1) is 40.0 Å². The zero-order chi connectivity index (χ0) is 40.2. The molecule has 11 rings (SSSR count). The van der Waals surface area contributed by atoms with Crippen LogP contribution in [0.5, 0.6) is 0 Å². The molecule has 0 unspecified atom stereocenters. The molecule has 0 aliphatic heterocycles. The van der Waals surface area contributed by atoms with Gasteiger partial charge in [-0.25, -0.2) is 15.0 Å². The van der Waals surface area contributed by atoms with Gasteiger partial charge in [0.25, 0.3) is 0 Å². The summed E-state index contributed by atoms with van der Waals surface area (Å²) in [6.45, 7) is 0. The van der Waals surface area contributed by atoms with Crippen LogP contribution in [0, 0.1) is 22.7 Å². The molecule has 0 spiro atoms. The molecule has 3 aromatic heterocycles. The maximum absolute atomic E-state index is 10.1. The first kappa shape index (κ1) is 34.6. The number of benzene rings is 8. The molecule has 3 heterocycles. The summed E-state index contributed by atoms with van der Waals surface area (Å²) in [5.41, 5.74) is 11.8. The summed E-state index contributed by atoms with van der Waals surface area (Å²) in [6.07, 6.45) is 0. The van der Waals surface area contributed by atoms with Crippen LogP contribution in [0.2, 0.25) is 0 Å². The Bertz CT molecular complexity index is 3520. The normalized spacial score (nSPS) is 11.3. The van der Waals surface area contributed by atoms with Crippen LogP contribution < -0.4 is 0 Å². The SMILES string of the molecule is N#Cc1ccc(-c2ccc3c(c2)c2ccccc2n3-c2ccc(-c3ccc4oc5ccccc5c4c3)cc2-c2nc(-c3ccccc3)nc(-c3ccccc3)n2)c(C#N)c1. The van der Waals surface area contributed by atoms with Crippen LogP contribution in [-0.4, -0.2) is 19.5 Å². The van der Waals surface area contributed by atoms with Gasteiger partial charge in [-0.2, -0.15) is 10.5 Å². The summed E-state index contributed by atoms with van der Waals surface area (Å²) < 4.78 is 8.47. The fourth-order valence-electron chi connectivity index (χ4n) is 8.28. The molecule has 0 saturated carbocycles. The van der Waals surface area contributed by atoms with E-state index in [1.165, 1.54) is 0 Å². The molecule has 8 aromatic carbocycles. The summed E-state index contributed by atoms with van der Waals surface area (Å²) >= 11 is 0. The lowest BCUT2D eigenvalue weighted by molar-refractivity contribution is 0.669. The Hall–Kier alpha value is -8.65. The Labute approximate surface area is 344 Å². The maximum Gasteiger partial charge on any atom is 0.166 e. The molecule has 60 heavy (non-hydrogen) atoms. The van der Waals surface area contributed by atoms with Crippen LogP contribution in [-0.2, 0) is 0 Å². The van der Waals surface area contributed by atoms with Crippen molar-refractivity contribution >= 4 is 43.7 Å². The molecule has 0 radical (unpaired) electrons. The Morgan fingerprint density at radius 1 is 0.400 bits per heavy atom. The Kier molecular flexibility index (Phi) is 8.11. The number of nitrogens with zero attached hydrogens (tertiary/aromatic N) is 6. The van der Waals surface area contributed by atoms with Gasteiger partial charge >= 0.3 is 0 Å². The largest absolute Gasteiger partial charge is 0.456 e. The molecule has 0 atom stereocenters. The fourth-order valence-corrected chi connectivity index (χ4v) is 8.28. The van der Waals surface area contributed by atoms with Crippen molar-refractivity contribution in [3.8, 4) is 74.2 Å². The van der Waals surface area contributed by atoms with E-state index in [0.29, 0.717) is 28.6 Å². The van der Waals surface area contributed by atoms with E-state index in [9.17, 15) is 10.5 Å². The number of aromatic nitrogens is 4. The molecule has 7 heteroatoms. The van der Waals surface area contributed by atoms with Crippen molar-refractivity contribution in [1.29, 1.82) is 10.5 Å². The van der Waals surface area contributed by atoms with Crippen molar-refractivity contribution < 1.29 is 4.42 Å². The highest BCUT2D eigenvalue weighted by Gasteiger charge is 2.21. The van der Waals surface area contributed by atoms with E-state index >= 15 is 0 Å². The molecule has 0 bridgehead atoms. The summed E-state index contributed by atoms with van der Waals surface area (Å²) in [4.78, 5) is 15.5. The van der Waals surface area contributed by atoms with Gasteiger partial charge in [-0.1, -0.05) is 121 Å². The minimum absolute atomic E-state index is 0.450. The number of rotatable bonds is 6. The third kappa shape index (κ3) is 5.77. The molecular formula is C53H30N6O. The highest BCUT2D eigenvalue weighted by Crippen LogP contribution is 2.41. The Morgan fingerprint density at radius 2 is 1.00 bits per heavy atom. The van der Waals surface area contributed by atoms with Crippen LogP contribution in [0.1, 0.15) is 11.1 Å². The van der Waals surface area contributed by atoms with Crippen LogP contribution >= 0.6 is 0 Å². The van der Waals surface area contributed by atoms with E-state index in [2.05, 4.69) is 83.4 Å². The van der Waals surface area contributed by atoms with Gasteiger partial charge in [0.2, 0.25) is 0 Å². The molecule has 0 aliphatic carbocycles. The predicted octanol–water partition coefficient (Wildman–Crippen LogP) is 12.9. The first-order chi connectivity index (χ1) is 29.6. The quantitative estimate of drug-likeness (QED) is 0.167. The third-order valence-corrected chi connectivity index (χ3v) is 11.1. The Morgan fingerprint density at radius 3 is 1.75 bits per heavy atom. The topological polar surface area (TPSA) is 104 Å². The third-order valence-electron chi connectivity index (χ3n) is 11.1. The van der Waals surface area contributed by atoms with Crippen molar-refractivity contribution in [2.75, 3.05) is 0 Å². The predicted molar refractivity (Wildman–Crippen MR) is 238 cm³/mol. The monoisotopic (exact) mass is 766 g/mol. The first-order valence-corrected chi connectivity index (χ1v) is 19.5. The van der Waals surface area contributed by atoms with E-state index in [-0.39, 0.29) is 0 Å². The standard InChI is InChI=1S/C53H30N6O/c54-31-33-19-23-40(39(27-33)32-55)38-21-25-47-43(30-38)41-15-7-9-17-46(41)59(47)48-24-20-36(37-22-26-50-44(28-37)42-16-8-10-18-49(42)60-50)29-45(48)53-57-51(34-11-3-1-4-12-34)56-52(58-53)35-13-5-2-6-14-35/h1-30H. The number of hydrogen-bond donors (Lipinski definition) is 0. The van der Waals surface area contributed by atoms with Crippen molar-refractivity contribution in [3.05, 3.63) is 193 Å². The number of para-hydroxylation sites is 2. The van der Waals surface area contributed by atoms with Crippen molar-refractivity contribution in [2.45, 2.75) is 0 Å². The molecule has 0 aliphatic rings. The summed E-state index contributed by atoms with van der Waals surface area (Å²) in [6, 6.07) is 65.3. The zero-order valence-corrected chi connectivity index (χ0v) is 31.9. The van der Waals surface area contributed by atoms with Crippen LogP contribution in [0.25, 0.3) is 106 Å². The molecular weight excluding hydrogens is 737 g/mol. The smallest absolute Gasteiger partial charge is 0.166 e. The number of hydrogen-bond acceptors (Lipinski definition) is 6. The van der Waals surface area contributed by atoms with E-state index in [4.69, 9.17) is 19.4 Å². The zero-order valence-electron chi connectivity index (χ0n) is 31.9. The second-order valence-corrected chi connectivity index (χ2v) is 14.6. The van der Waals surface area contributed by atoms with E-state index < -0.39 is 0 Å². The summed E-state index contributed by atoms with van der Waals surface area (Å²) in [7, 11) is 0. The van der Waals surface area contributed by atoms with Crippen LogP contribution in [0.15, 0.2) is 186 Å². The van der Waals surface area contributed by atoms with Gasteiger partial charge in [0.15, 0.2) is 17.5 Å². The second-order valence-electron chi connectivity index (χ2n) is 14.6. The average molecular weight is 767 g/mol. The van der Waals surface area contributed by atoms with Crippen molar-refractivity contribution in [1.82, 2.24) is 19.5 Å². The first-order valence-electron chi connectivity index (χ1n) is 19.5.